The van der Waals surface area contributed by atoms with E-state index in [9.17, 15) is 4.79 Å². The lowest BCUT2D eigenvalue weighted by Crippen LogP contribution is -2.38. The number of aryl methyl sites for hydroxylation is 3. The lowest BCUT2D eigenvalue weighted by molar-refractivity contribution is 0.0927. The van der Waals surface area contributed by atoms with Crippen LogP contribution in [0.2, 0.25) is 0 Å². The van der Waals surface area contributed by atoms with Crippen LogP contribution in [0.5, 0.6) is 0 Å². The number of carbonyl (C=O) groups excluding carboxylic acids is 1. The number of amides is 1. The summed E-state index contributed by atoms with van der Waals surface area (Å²) < 4.78 is 2.94. The molecule has 24 heavy (non-hydrogen) atoms. The maximum atomic E-state index is 12.6. The molecule has 1 aliphatic rings. The molecule has 0 aliphatic heterocycles. The van der Waals surface area contributed by atoms with Crippen molar-refractivity contribution in [1.82, 2.24) is 20.1 Å². The highest BCUT2D eigenvalue weighted by atomic mass is 32.2. The first-order chi connectivity index (χ1) is 11.4. The fourth-order valence-electron chi connectivity index (χ4n) is 3.21. The first-order valence-electron chi connectivity index (χ1n) is 8.34. The van der Waals surface area contributed by atoms with Crippen LogP contribution in [0.1, 0.15) is 53.1 Å². The molecule has 0 aromatic carbocycles. The zero-order chi connectivity index (χ0) is 17.3. The molecule has 2 heterocycles. The molecular formula is C17H24N4OS2. The van der Waals surface area contributed by atoms with Gasteiger partial charge in [0.25, 0.3) is 5.91 Å². The minimum Gasteiger partial charge on any atom is -0.349 e. The molecule has 5 nitrogen and oxygen atoms in total. The standard InChI is InChI=1S/C17H24N4OS2/c1-10-9-23-17(18-10)24-14-7-5-13(6-8-14)19-16(22)15-11(2)20-21(4)12(15)3/h9,13-14H,5-8H2,1-4H3,(H,19,22). The summed E-state index contributed by atoms with van der Waals surface area (Å²) in [5, 5.41) is 10.3. The van der Waals surface area contributed by atoms with Gasteiger partial charge in [0, 0.05) is 35.1 Å². The van der Waals surface area contributed by atoms with E-state index in [0.717, 1.165) is 48.3 Å². The van der Waals surface area contributed by atoms with Crippen LogP contribution < -0.4 is 5.32 Å². The van der Waals surface area contributed by atoms with Crippen LogP contribution in [0, 0.1) is 20.8 Å². The molecule has 1 fully saturated rings. The molecule has 1 N–H and O–H groups in total. The van der Waals surface area contributed by atoms with Gasteiger partial charge in [0.1, 0.15) is 4.34 Å². The molecule has 0 spiro atoms. The van der Waals surface area contributed by atoms with Crippen LogP contribution in [0.4, 0.5) is 0 Å². The number of rotatable bonds is 4. The second-order valence-electron chi connectivity index (χ2n) is 6.49. The molecule has 2 aromatic rings. The normalized spacial score (nSPS) is 21.0. The van der Waals surface area contributed by atoms with E-state index < -0.39 is 0 Å². The number of hydrogen-bond acceptors (Lipinski definition) is 5. The molecule has 0 saturated heterocycles. The Labute approximate surface area is 151 Å². The SMILES string of the molecule is Cc1csc(SC2CCC(NC(=O)c3c(C)nn(C)c3C)CC2)n1. The highest BCUT2D eigenvalue weighted by Crippen LogP contribution is 2.35. The summed E-state index contributed by atoms with van der Waals surface area (Å²) in [5.74, 6) is 0.0183. The maximum absolute atomic E-state index is 12.6. The van der Waals surface area contributed by atoms with Crippen molar-refractivity contribution in [3.05, 3.63) is 28.0 Å². The molecule has 1 saturated carbocycles. The summed E-state index contributed by atoms with van der Waals surface area (Å²) >= 11 is 3.62. The van der Waals surface area contributed by atoms with Gasteiger partial charge >= 0.3 is 0 Å². The van der Waals surface area contributed by atoms with Crippen LogP contribution >= 0.6 is 23.1 Å². The van der Waals surface area contributed by atoms with Gasteiger partial charge in [-0.1, -0.05) is 11.8 Å². The molecule has 0 bridgehead atoms. The minimum atomic E-state index is 0.0183. The third kappa shape index (κ3) is 3.83. The van der Waals surface area contributed by atoms with E-state index in [1.807, 2.05) is 39.6 Å². The molecule has 1 amide bonds. The topological polar surface area (TPSA) is 59.8 Å². The van der Waals surface area contributed by atoms with E-state index in [0.29, 0.717) is 5.25 Å². The Morgan fingerprint density at radius 2 is 2.00 bits per heavy atom. The number of thiazole rings is 1. The zero-order valence-electron chi connectivity index (χ0n) is 14.6. The molecule has 3 rings (SSSR count). The number of thioether (sulfide) groups is 1. The minimum absolute atomic E-state index is 0.0183. The third-order valence-corrected chi connectivity index (χ3v) is 7.04. The van der Waals surface area contributed by atoms with Gasteiger partial charge in [0.15, 0.2) is 0 Å². The number of nitrogens with one attached hydrogen (secondary N) is 1. The fourth-order valence-corrected chi connectivity index (χ4v) is 5.50. The number of nitrogens with zero attached hydrogens (tertiary/aromatic N) is 3. The highest BCUT2D eigenvalue weighted by molar-refractivity contribution is 8.01. The van der Waals surface area contributed by atoms with Gasteiger partial charge in [-0.25, -0.2) is 4.98 Å². The Kier molecular flexibility index (Phi) is 5.30. The monoisotopic (exact) mass is 364 g/mol. The maximum Gasteiger partial charge on any atom is 0.255 e. The van der Waals surface area contributed by atoms with Gasteiger partial charge in [-0.3, -0.25) is 9.48 Å². The van der Waals surface area contributed by atoms with E-state index in [2.05, 4.69) is 20.8 Å². The lowest BCUT2D eigenvalue weighted by atomic mass is 9.94. The summed E-state index contributed by atoms with van der Waals surface area (Å²) in [4.78, 5) is 17.1. The Hall–Kier alpha value is -1.34. The van der Waals surface area contributed by atoms with Crippen molar-refractivity contribution in [1.29, 1.82) is 0 Å². The third-order valence-electron chi connectivity index (χ3n) is 4.61. The predicted octanol–water partition coefficient (Wildman–Crippen LogP) is 3.64. The van der Waals surface area contributed by atoms with Crippen molar-refractivity contribution in [3.8, 4) is 0 Å². The predicted molar refractivity (Wildman–Crippen MR) is 98.9 cm³/mol. The Morgan fingerprint density at radius 3 is 2.54 bits per heavy atom. The number of carbonyl (C=O) groups is 1. The quantitative estimate of drug-likeness (QED) is 0.900. The highest BCUT2D eigenvalue weighted by Gasteiger charge is 2.26. The average Bonchev–Trinajstić information content (AvgIpc) is 3.04. The zero-order valence-corrected chi connectivity index (χ0v) is 16.3. The first kappa shape index (κ1) is 17.5. The van der Waals surface area contributed by atoms with Crippen LogP contribution in [0.3, 0.4) is 0 Å². The van der Waals surface area contributed by atoms with E-state index in [1.54, 1.807) is 16.0 Å². The summed E-state index contributed by atoms with van der Waals surface area (Å²) in [6, 6.07) is 0.270. The number of hydrogen-bond donors (Lipinski definition) is 1. The Morgan fingerprint density at radius 1 is 1.29 bits per heavy atom. The van der Waals surface area contributed by atoms with Crippen molar-refractivity contribution in [2.75, 3.05) is 0 Å². The summed E-state index contributed by atoms with van der Waals surface area (Å²) in [6.45, 7) is 5.87. The van der Waals surface area contributed by atoms with Crippen LogP contribution in [-0.4, -0.2) is 32.0 Å². The average molecular weight is 365 g/mol. The smallest absolute Gasteiger partial charge is 0.255 e. The van der Waals surface area contributed by atoms with Gasteiger partial charge in [0.05, 0.1) is 11.3 Å². The molecule has 130 valence electrons. The van der Waals surface area contributed by atoms with Crippen molar-refractivity contribution in [3.63, 3.8) is 0 Å². The van der Waals surface area contributed by atoms with Crippen molar-refractivity contribution < 1.29 is 4.79 Å². The van der Waals surface area contributed by atoms with E-state index in [-0.39, 0.29) is 11.9 Å². The van der Waals surface area contributed by atoms with Gasteiger partial charge in [-0.15, -0.1) is 11.3 Å². The molecule has 0 unspecified atom stereocenters. The van der Waals surface area contributed by atoms with Crippen molar-refractivity contribution in [2.24, 2.45) is 7.05 Å². The fraction of sp³-hybridized carbons (Fsp3) is 0.588. The van der Waals surface area contributed by atoms with Crippen LogP contribution in [0.15, 0.2) is 9.72 Å². The van der Waals surface area contributed by atoms with Crippen molar-refractivity contribution >= 4 is 29.0 Å². The van der Waals surface area contributed by atoms with Crippen LogP contribution in [0.25, 0.3) is 0 Å². The van der Waals surface area contributed by atoms with E-state index in [1.165, 1.54) is 4.34 Å². The van der Waals surface area contributed by atoms with Gasteiger partial charge in [-0.05, 0) is 46.5 Å². The second kappa shape index (κ2) is 7.27. The Bertz CT molecular complexity index is 729. The van der Waals surface area contributed by atoms with Gasteiger partial charge in [0.2, 0.25) is 0 Å². The molecule has 1 aliphatic carbocycles. The summed E-state index contributed by atoms with van der Waals surface area (Å²) in [5.41, 5.74) is 3.56. The lowest BCUT2D eigenvalue weighted by Gasteiger charge is -2.28. The Balaban J connectivity index is 1.52. The van der Waals surface area contributed by atoms with E-state index in [4.69, 9.17) is 0 Å². The molecule has 0 radical (unpaired) electrons. The van der Waals surface area contributed by atoms with E-state index >= 15 is 0 Å². The second-order valence-corrected chi connectivity index (χ2v) is 8.89. The largest absolute Gasteiger partial charge is 0.349 e. The summed E-state index contributed by atoms with van der Waals surface area (Å²) in [6.07, 6.45) is 4.32. The molecular weight excluding hydrogens is 340 g/mol. The number of aromatic nitrogens is 3. The summed E-state index contributed by atoms with van der Waals surface area (Å²) in [7, 11) is 1.88. The van der Waals surface area contributed by atoms with Crippen molar-refractivity contribution in [2.45, 2.75) is 62.1 Å². The van der Waals surface area contributed by atoms with Crippen LogP contribution in [-0.2, 0) is 7.05 Å². The molecule has 7 heteroatoms. The first-order valence-corrected chi connectivity index (χ1v) is 10.1. The van der Waals surface area contributed by atoms with Gasteiger partial charge < -0.3 is 5.32 Å². The molecule has 0 atom stereocenters. The van der Waals surface area contributed by atoms with Gasteiger partial charge in [-0.2, -0.15) is 5.10 Å². The molecule has 2 aromatic heterocycles.